The normalized spacial score (nSPS) is 22.0. The molecule has 17 heteroatoms. The van der Waals surface area contributed by atoms with Crippen molar-refractivity contribution in [3.05, 3.63) is 75.2 Å². The molecule has 5 aliphatic rings. The zero-order valence-corrected chi connectivity index (χ0v) is 36.2. The topological polar surface area (TPSA) is 174 Å². The summed E-state index contributed by atoms with van der Waals surface area (Å²) in [5.41, 5.74) is 4.11. The van der Waals surface area contributed by atoms with Crippen LogP contribution in [0.2, 0.25) is 5.02 Å². The van der Waals surface area contributed by atoms with Crippen LogP contribution in [0.5, 0.6) is 5.75 Å². The smallest absolute Gasteiger partial charge is 0.293 e. The van der Waals surface area contributed by atoms with E-state index in [9.17, 15) is 24.0 Å². The summed E-state index contributed by atoms with van der Waals surface area (Å²) in [5, 5.41) is 9.42. The second-order valence-corrected chi connectivity index (χ2v) is 18.2. The number of amides is 4. The first kappa shape index (κ1) is 41.6. The summed E-state index contributed by atoms with van der Waals surface area (Å²) in [7, 11) is 1.52. The summed E-state index contributed by atoms with van der Waals surface area (Å²) in [6.07, 6.45) is 6.55. The summed E-state index contributed by atoms with van der Waals surface area (Å²) < 4.78 is 7.29. The van der Waals surface area contributed by atoms with Crippen molar-refractivity contribution in [2.24, 2.45) is 11.3 Å². The van der Waals surface area contributed by atoms with Gasteiger partial charge in [-0.25, -0.2) is 4.98 Å². The number of benzene rings is 2. The molecule has 2 atom stereocenters. The van der Waals surface area contributed by atoms with E-state index >= 15 is 0 Å². The van der Waals surface area contributed by atoms with E-state index in [1.54, 1.807) is 21.7 Å². The molecule has 0 bridgehead atoms. The van der Waals surface area contributed by atoms with Gasteiger partial charge in [-0.2, -0.15) is 4.98 Å². The number of rotatable bonds is 11. The Morgan fingerprint density at radius 2 is 1.81 bits per heavy atom. The number of likely N-dealkylation sites (tertiary alicyclic amines) is 1. The molecule has 326 valence electrons. The number of piperidine rings is 2. The Morgan fingerprint density at radius 1 is 1.00 bits per heavy atom. The van der Waals surface area contributed by atoms with E-state index in [4.69, 9.17) is 21.3 Å². The highest BCUT2D eigenvalue weighted by Crippen LogP contribution is 2.44. The van der Waals surface area contributed by atoms with Gasteiger partial charge in [0, 0.05) is 98.6 Å². The lowest BCUT2D eigenvalue weighted by Crippen LogP contribution is -2.52. The third kappa shape index (κ3) is 8.05. The van der Waals surface area contributed by atoms with Crippen molar-refractivity contribution in [1.82, 2.24) is 35.0 Å². The minimum absolute atomic E-state index is 0.0976. The summed E-state index contributed by atoms with van der Waals surface area (Å²) >= 11 is 6.63. The fraction of sp³-hybridized carbons (Fsp3) is 0.489. The van der Waals surface area contributed by atoms with Gasteiger partial charge in [-0.15, -0.1) is 0 Å². The molecule has 4 fully saturated rings. The molecule has 2 aromatic carbocycles. The van der Waals surface area contributed by atoms with Gasteiger partial charge in [0.25, 0.3) is 17.4 Å². The van der Waals surface area contributed by atoms with Gasteiger partial charge in [0.05, 0.1) is 11.7 Å². The molecule has 0 saturated carbocycles. The van der Waals surface area contributed by atoms with Crippen LogP contribution < -0.4 is 36.0 Å². The third-order valence-electron chi connectivity index (χ3n) is 13.4. The summed E-state index contributed by atoms with van der Waals surface area (Å²) in [6, 6.07) is 12.5. The number of imide groups is 1. The van der Waals surface area contributed by atoms with Gasteiger partial charge in [-0.1, -0.05) is 17.7 Å². The molecule has 0 aliphatic carbocycles. The molecule has 2 aromatic heterocycles. The van der Waals surface area contributed by atoms with Crippen LogP contribution >= 0.6 is 11.6 Å². The lowest BCUT2D eigenvalue weighted by atomic mass is 9.86. The van der Waals surface area contributed by atoms with E-state index in [0.717, 1.165) is 99.3 Å². The number of likely N-dealkylation sites (N-methyl/N-ethyl adjacent to an activating group) is 1. The molecule has 4 saturated heterocycles. The van der Waals surface area contributed by atoms with Crippen molar-refractivity contribution in [1.29, 1.82) is 0 Å². The number of aromatic nitrogens is 3. The Morgan fingerprint density at radius 3 is 2.58 bits per heavy atom. The van der Waals surface area contributed by atoms with Crippen molar-refractivity contribution in [2.75, 3.05) is 74.6 Å². The van der Waals surface area contributed by atoms with Crippen LogP contribution in [0.1, 0.15) is 74.3 Å². The molecule has 0 radical (unpaired) electrons. The minimum Gasteiger partial charge on any atom is -0.478 e. The van der Waals surface area contributed by atoms with Gasteiger partial charge >= 0.3 is 0 Å². The minimum atomic E-state index is -0.620. The molecule has 1 spiro atoms. The van der Waals surface area contributed by atoms with Crippen molar-refractivity contribution < 1.29 is 23.9 Å². The monoisotopic (exact) mass is 864 g/mol. The van der Waals surface area contributed by atoms with E-state index < -0.39 is 6.04 Å². The number of pyridine rings is 1. The van der Waals surface area contributed by atoms with Gasteiger partial charge in [0.1, 0.15) is 11.1 Å². The lowest BCUT2D eigenvalue weighted by molar-refractivity contribution is -0.137. The van der Waals surface area contributed by atoms with Crippen LogP contribution in [0, 0.1) is 11.3 Å². The molecule has 7 heterocycles. The van der Waals surface area contributed by atoms with Gasteiger partial charge in [0.2, 0.25) is 17.8 Å². The molecule has 2 unspecified atom stereocenters. The second-order valence-electron chi connectivity index (χ2n) is 17.8. The van der Waals surface area contributed by atoms with Gasteiger partial charge in [0.15, 0.2) is 18.2 Å². The summed E-state index contributed by atoms with van der Waals surface area (Å²) in [4.78, 5) is 81.5. The zero-order valence-electron chi connectivity index (χ0n) is 35.4. The van der Waals surface area contributed by atoms with Crippen molar-refractivity contribution in [3.63, 3.8) is 0 Å². The number of hydrogen-bond donors (Lipinski definition) is 3. The maximum atomic E-state index is 13.5. The molecule has 3 N–H and O–H groups in total. The highest BCUT2D eigenvalue weighted by molar-refractivity contribution is 6.33. The van der Waals surface area contributed by atoms with Crippen LogP contribution in [0.15, 0.2) is 53.5 Å². The predicted molar refractivity (Wildman–Crippen MR) is 236 cm³/mol. The number of nitrogens with one attached hydrogen (secondary N) is 3. The van der Waals surface area contributed by atoms with Gasteiger partial charge < -0.3 is 39.5 Å². The lowest BCUT2D eigenvalue weighted by Gasteiger charge is -2.34. The first-order chi connectivity index (χ1) is 29.9. The molecular weight excluding hydrogens is 812 g/mol. The second kappa shape index (κ2) is 16.9. The van der Waals surface area contributed by atoms with E-state index in [-0.39, 0.29) is 59.4 Å². The Hall–Kier alpha value is -5.74. The SMILES string of the molecule is CNC(=O)COc1cc2cc(Nc3nc(N4CCC(CN5CCC6(CCN(c7cccc8c7CN(C7CCC(=O)NC7=O)C8=O)C6)C5)CC4)ncc3Cl)ccc2n(C(C)C)c1=O. The fourth-order valence-corrected chi connectivity index (χ4v) is 10.3. The molecular formula is C45H53ClN10O6. The Balaban J connectivity index is 0.802. The highest BCUT2D eigenvalue weighted by atomic mass is 35.5. The molecule has 9 rings (SSSR count). The maximum absolute atomic E-state index is 13.5. The molecule has 5 aliphatic heterocycles. The first-order valence-corrected chi connectivity index (χ1v) is 22.1. The Kier molecular flexibility index (Phi) is 11.3. The number of halogens is 1. The van der Waals surface area contributed by atoms with Crippen LogP contribution in [-0.4, -0.2) is 113 Å². The average molecular weight is 865 g/mol. The number of anilines is 4. The zero-order chi connectivity index (χ0) is 43.3. The molecule has 62 heavy (non-hydrogen) atoms. The van der Waals surface area contributed by atoms with E-state index in [1.165, 1.54) is 7.05 Å². The van der Waals surface area contributed by atoms with E-state index in [1.807, 2.05) is 44.2 Å². The Labute approximate surface area is 364 Å². The van der Waals surface area contributed by atoms with Gasteiger partial charge in [-0.3, -0.25) is 29.3 Å². The standard InChI is InChI=1S/C45H53ClN10O6/c1-27(2)56-34-8-7-30(19-29(34)20-37(43(56)61)62-24-39(58)47-3)49-40-33(46)21-48-44(51-40)53-15-11-28(12-16-53)22-52-17-13-45(25-52)14-18-54(26-45)35-6-4-5-31-32(35)23-55(42(31)60)36-9-10-38(57)50-41(36)59/h4-8,19-21,27-28,36H,9-18,22-26H2,1-3H3,(H,47,58)(H,48,49,51)(H,50,57,59). The van der Waals surface area contributed by atoms with Gasteiger partial charge in [-0.05, 0) is 94.8 Å². The number of fused-ring (bicyclic) bond motifs is 2. The Bertz CT molecular complexity index is 2500. The largest absolute Gasteiger partial charge is 0.478 e. The number of carbonyl (C=O) groups excluding carboxylic acids is 4. The molecule has 4 amide bonds. The fourth-order valence-electron chi connectivity index (χ4n) is 10.2. The molecule has 4 aromatic rings. The quantitative estimate of drug-likeness (QED) is 0.181. The van der Waals surface area contributed by atoms with Crippen LogP contribution in [-0.2, 0) is 20.9 Å². The number of carbonyl (C=O) groups is 4. The van der Waals surface area contributed by atoms with Crippen molar-refractivity contribution in [3.8, 4) is 5.75 Å². The first-order valence-electron chi connectivity index (χ1n) is 21.7. The maximum Gasteiger partial charge on any atom is 0.293 e. The number of hydrogen-bond acceptors (Lipinski definition) is 12. The average Bonchev–Trinajstić information content (AvgIpc) is 3.97. The number of ether oxygens (including phenoxy) is 1. The summed E-state index contributed by atoms with van der Waals surface area (Å²) in [5.74, 6) is 0.642. The predicted octanol–water partition coefficient (Wildman–Crippen LogP) is 4.47. The van der Waals surface area contributed by atoms with Crippen LogP contribution in [0.25, 0.3) is 10.9 Å². The summed E-state index contributed by atoms with van der Waals surface area (Å²) in [6.45, 7) is 10.7. The van der Waals surface area contributed by atoms with Crippen molar-refractivity contribution >= 4 is 69.3 Å². The highest BCUT2D eigenvalue weighted by Gasteiger charge is 2.46. The molecule has 16 nitrogen and oxygen atoms in total. The van der Waals surface area contributed by atoms with Crippen molar-refractivity contribution in [2.45, 2.75) is 71.0 Å². The third-order valence-corrected chi connectivity index (χ3v) is 13.7. The van der Waals surface area contributed by atoms with Crippen LogP contribution in [0.3, 0.4) is 0 Å². The van der Waals surface area contributed by atoms with E-state index in [2.05, 4.69) is 41.7 Å². The van der Waals surface area contributed by atoms with E-state index in [0.29, 0.717) is 41.2 Å². The number of nitrogens with zero attached hydrogens (tertiary/aromatic N) is 7. The van der Waals surface area contributed by atoms with Crippen LogP contribution in [0.4, 0.5) is 23.1 Å².